The zero-order chi connectivity index (χ0) is 11.4. The number of nitrogens with one attached hydrogen (secondary N) is 1. The van der Waals surface area contributed by atoms with Gasteiger partial charge < -0.3 is 10.2 Å². The first-order valence-electron chi connectivity index (χ1n) is 7.22. The van der Waals surface area contributed by atoms with Crippen LogP contribution in [0.2, 0.25) is 0 Å². The van der Waals surface area contributed by atoms with Gasteiger partial charge in [-0.3, -0.25) is 0 Å². The van der Waals surface area contributed by atoms with Crippen LogP contribution in [0.15, 0.2) is 0 Å². The molecule has 0 aromatic carbocycles. The van der Waals surface area contributed by atoms with Crippen molar-refractivity contribution in [1.29, 1.82) is 0 Å². The molecule has 16 heavy (non-hydrogen) atoms. The first kappa shape index (κ1) is 12.4. The lowest BCUT2D eigenvalue weighted by Crippen LogP contribution is -2.43. The van der Waals surface area contributed by atoms with E-state index < -0.39 is 0 Å². The van der Waals surface area contributed by atoms with Crippen LogP contribution in [0.5, 0.6) is 0 Å². The molecular weight excluding hydrogens is 196 g/mol. The molecule has 94 valence electrons. The highest BCUT2D eigenvalue weighted by atomic mass is 15.1. The Morgan fingerprint density at radius 2 is 1.62 bits per heavy atom. The molecule has 0 spiro atoms. The first-order chi connectivity index (χ1) is 7.74. The predicted octanol–water partition coefficient (Wildman–Crippen LogP) is 2.64. The third-order valence-corrected chi connectivity index (χ3v) is 4.40. The van der Waals surface area contributed by atoms with Gasteiger partial charge in [0.25, 0.3) is 0 Å². The molecule has 2 rings (SSSR count). The van der Waals surface area contributed by atoms with E-state index in [4.69, 9.17) is 0 Å². The summed E-state index contributed by atoms with van der Waals surface area (Å²) in [7, 11) is 0. The molecule has 2 unspecified atom stereocenters. The molecule has 0 radical (unpaired) electrons. The van der Waals surface area contributed by atoms with Gasteiger partial charge in [0.1, 0.15) is 0 Å². The third-order valence-electron chi connectivity index (χ3n) is 4.40. The molecule has 0 aromatic heterocycles. The van der Waals surface area contributed by atoms with Crippen molar-refractivity contribution in [3.63, 3.8) is 0 Å². The summed E-state index contributed by atoms with van der Waals surface area (Å²) in [6.07, 6.45) is 8.58. The smallest absolute Gasteiger partial charge is 0.00533 e. The van der Waals surface area contributed by atoms with Gasteiger partial charge in [0.2, 0.25) is 0 Å². The van der Waals surface area contributed by atoms with Gasteiger partial charge in [-0.05, 0) is 58.7 Å². The molecule has 1 aliphatic carbocycles. The summed E-state index contributed by atoms with van der Waals surface area (Å²) >= 11 is 0. The van der Waals surface area contributed by atoms with E-state index in [1.165, 1.54) is 58.2 Å². The van der Waals surface area contributed by atoms with Crippen LogP contribution in [0.1, 0.15) is 52.4 Å². The van der Waals surface area contributed by atoms with Crippen LogP contribution in [-0.4, -0.2) is 36.6 Å². The van der Waals surface area contributed by atoms with Crippen molar-refractivity contribution in [3.8, 4) is 0 Å². The Kier molecular flexibility index (Phi) is 4.66. The van der Waals surface area contributed by atoms with Crippen LogP contribution in [0.25, 0.3) is 0 Å². The standard InChI is InChI=1S/C14H28N2/c1-12-6-9-16(10-7-13(2)15-12)11-8-14-4-3-5-14/h12-15H,3-11H2,1-2H3. The Labute approximate surface area is 101 Å². The van der Waals surface area contributed by atoms with E-state index in [0.717, 1.165) is 5.92 Å². The lowest BCUT2D eigenvalue weighted by Gasteiger charge is -2.33. The lowest BCUT2D eigenvalue weighted by atomic mass is 9.83. The van der Waals surface area contributed by atoms with Gasteiger partial charge in [-0.2, -0.15) is 0 Å². The van der Waals surface area contributed by atoms with Crippen LogP contribution >= 0.6 is 0 Å². The van der Waals surface area contributed by atoms with E-state index in [0.29, 0.717) is 12.1 Å². The summed E-state index contributed by atoms with van der Waals surface area (Å²) in [6, 6.07) is 1.39. The first-order valence-corrected chi connectivity index (χ1v) is 7.22. The van der Waals surface area contributed by atoms with E-state index in [-0.39, 0.29) is 0 Å². The van der Waals surface area contributed by atoms with Crippen molar-refractivity contribution in [2.75, 3.05) is 19.6 Å². The fourth-order valence-corrected chi connectivity index (χ4v) is 2.89. The maximum absolute atomic E-state index is 3.66. The number of rotatable bonds is 3. The van der Waals surface area contributed by atoms with Gasteiger partial charge in [0, 0.05) is 12.1 Å². The Hall–Kier alpha value is -0.0800. The summed E-state index contributed by atoms with van der Waals surface area (Å²) in [5.41, 5.74) is 0. The van der Waals surface area contributed by atoms with Crippen LogP contribution in [-0.2, 0) is 0 Å². The van der Waals surface area contributed by atoms with Gasteiger partial charge in [-0.1, -0.05) is 19.3 Å². The molecule has 1 aliphatic heterocycles. The molecule has 1 heterocycles. The van der Waals surface area contributed by atoms with Gasteiger partial charge in [0.15, 0.2) is 0 Å². The highest BCUT2D eigenvalue weighted by Crippen LogP contribution is 2.29. The van der Waals surface area contributed by atoms with Crippen molar-refractivity contribution in [3.05, 3.63) is 0 Å². The van der Waals surface area contributed by atoms with Gasteiger partial charge in [0.05, 0.1) is 0 Å². The SMILES string of the molecule is CC1CCN(CCC2CCC2)CCC(C)N1. The summed E-state index contributed by atoms with van der Waals surface area (Å²) in [6.45, 7) is 8.60. The molecule has 1 saturated carbocycles. The Morgan fingerprint density at radius 1 is 1.00 bits per heavy atom. The molecule has 1 saturated heterocycles. The number of hydrogen-bond donors (Lipinski definition) is 1. The normalized spacial score (nSPS) is 34.1. The molecule has 2 heteroatoms. The molecular formula is C14H28N2. The fourth-order valence-electron chi connectivity index (χ4n) is 2.89. The average Bonchev–Trinajstić information content (AvgIpc) is 2.16. The Bertz CT molecular complexity index is 189. The van der Waals surface area contributed by atoms with Crippen molar-refractivity contribution >= 4 is 0 Å². The predicted molar refractivity (Wildman–Crippen MR) is 69.7 cm³/mol. The average molecular weight is 224 g/mol. The van der Waals surface area contributed by atoms with Crippen molar-refractivity contribution in [2.45, 2.75) is 64.5 Å². The van der Waals surface area contributed by atoms with Crippen LogP contribution in [0.3, 0.4) is 0 Å². The molecule has 1 N–H and O–H groups in total. The van der Waals surface area contributed by atoms with Crippen LogP contribution in [0, 0.1) is 5.92 Å². The quantitative estimate of drug-likeness (QED) is 0.793. The molecule has 2 fully saturated rings. The molecule has 0 amide bonds. The van der Waals surface area contributed by atoms with Crippen molar-refractivity contribution in [1.82, 2.24) is 10.2 Å². The Balaban J connectivity index is 1.70. The van der Waals surface area contributed by atoms with E-state index >= 15 is 0 Å². The second-order valence-electron chi connectivity index (χ2n) is 5.97. The monoisotopic (exact) mass is 224 g/mol. The number of hydrogen-bond acceptors (Lipinski definition) is 2. The minimum absolute atomic E-state index is 0.696. The molecule has 2 atom stereocenters. The Morgan fingerprint density at radius 3 is 2.12 bits per heavy atom. The third kappa shape index (κ3) is 3.74. The van der Waals surface area contributed by atoms with Gasteiger partial charge in [-0.15, -0.1) is 0 Å². The van der Waals surface area contributed by atoms with Gasteiger partial charge >= 0.3 is 0 Å². The largest absolute Gasteiger partial charge is 0.312 e. The van der Waals surface area contributed by atoms with Crippen molar-refractivity contribution in [2.24, 2.45) is 5.92 Å². The van der Waals surface area contributed by atoms with Crippen LogP contribution in [0.4, 0.5) is 0 Å². The highest BCUT2D eigenvalue weighted by molar-refractivity contribution is 4.77. The second-order valence-corrected chi connectivity index (χ2v) is 5.97. The van der Waals surface area contributed by atoms with E-state index in [9.17, 15) is 0 Å². The molecule has 0 bridgehead atoms. The van der Waals surface area contributed by atoms with E-state index in [1.807, 2.05) is 0 Å². The van der Waals surface area contributed by atoms with Crippen molar-refractivity contribution < 1.29 is 0 Å². The summed E-state index contributed by atoms with van der Waals surface area (Å²) in [4.78, 5) is 2.70. The minimum atomic E-state index is 0.696. The second kappa shape index (κ2) is 6.02. The van der Waals surface area contributed by atoms with Crippen LogP contribution < -0.4 is 5.32 Å². The fraction of sp³-hybridized carbons (Fsp3) is 1.00. The maximum atomic E-state index is 3.66. The van der Waals surface area contributed by atoms with E-state index in [1.54, 1.807) is 0 Å². The number of nitrogens with zero attached hydrogens (tertiary/aromatic N) is 1. The molecule has 2 aliphatic rings. The molecule has 2 nitrogen and oxygen atoms in total. The zero-order valence-electron chi connectivity index (χ0n) is 11.0. The minimum Gasteiger partial charge on any atom is -0.312 e. The highest BCUT2D eigenvalue weighted by Gasteiger charge is 2.20. The lowest BCUT2D eigenvalue weighted by molar-refractivity contribution is 0.185. The topological polar surface area (TPSA) is 15.3 Å². The summed E-state index contributed by atoms with van der Waals surface area (Å²) in [5.74, 6) is 1.07. The summed E-state index contributed by atoms with van der Waals surface area (Å²) < 4.78 is 0. The summed E-state index contributed by atoms with van der Waals surface area (Å²) in [5, 5.41) is 3.66. The van der Waals surface area contributed by atoms with E-state index in [2.05, 4.69) is 24.1 Å². The van der Waals surface area contributed by atoms with Gasteiger partial charge in [-0.25, -0.2) is 0 Å². The molecule has 0 aromatic rings. The zero-order valence-corrected chi connectivity index (χ0v) is 11.0. The maximum Gasteiger partial charge on any atom is 0.00533 e.